The molecule has 2 aromatic rings. The Morgan fingerprint density at radius 2 is 2.10 bits per heavy atom. The number of halogens is 1. The van der Waals surface area contributed by atoms with Crippen molar-refractivity contribution in [3.8, 4) is 5.75 Å². The molecule has 1 aromatic heterocycles. The van der Waals surface area contributed by atoms with E-state index in [0.29, 0.717) is 0 Å². The minimum Gasteiger partial charge on any atom is -0.496 e. The number of methoxy groups -OCH3 is 1. The van der Waals surface area contributed by atoms with E-state index in [9.17, 15) is 0 Å². The third-order valence-electron chi connectivity index (χ3n) is 3.43. The van der Waals surface area contributed by atoms with Crippen LogP contribution in [0.5, 0.6) is 5.75 Å². The second kappa shape index (κ2) is 6.74. The number of aryl methyl sites for hydroxylation is 2. The van der Waals surface area contributed by atoms with Crippen molar-refractivity contribution in [1.82, 2.24) is 5.32 Å². The Kier molecular flexibility index (Phi) is 5.24. The fourth-order valence-electron chi connectivity index (χ4n) is 2.26. The lowest BCUT2D eigenvalue weighted by atomic mass is 10.0. The van der Waals surface area contributed by atoms with Crippen LogP contribution in [-0.4, -0.2) is 14.2 Å². The molecule has 0 aliphatic carbocycles. The lowest BCUT2D eigenvalue weighted by molar-refractivity contribution is 0.405. The summed E-state index contributed by atoms with van der Waals surface area (Å²) in [5, 5.41) is 3.40. The molecule has 2 rings (SSSR count). The first kappa shape index (κ1) is 15.5. The van der Waals surface area contributed by atoms with Gasteiger partial charge in [0, 0.05) is 19.8 Å². The first-order valence-corrected chi connectivity index (χ1v) is 8.31. The van der Waals surface area contributed by atoms with Gasteiger partial charge in [0.1, 0.15) is 5.75 Å². The largest absolute Gasteiger partial charge is 0.496 e. The van der Waals surface area contributed by atoms with Gasteiger partial charge >= 0.3 is 0 Å². The zero-order chi connectivity index (χ0) is 14.7. The first-order chi connectivity index (χ1) is 9.60. The normalized spacial score (nSPS) is 12.4. The summed E-state index contributed by atoms with van der Waals surface area (Å²) >= 11 is 5.47. The lowest BCUT2D eigenvalue weighted by Crippen LogP contribution is -2.17. The number of ether oxygens (including phenoxy) is 1. The highest BCUT2D eigenvalue weighted by Crippen LogP contribution is 2.36. The molecular weight excluding hydrogens is 334 g/mol. The van der Waals surface area contributed by atoms with E-state index < -0.39 is 0 Å². The van der Waals surface area contributed by atoms with Crippen LogP contribution in [0.15, 0.2) is 28.7 Å². The summed E-state index contributed by atoms with van der Waals surface area (Å²) in [6.07, 6.45) is 1.08. The molecular formula is C16H20BrNOS. The molecule has 1 N–H and O–H groups in total. The molecule has 0 fully saturated rings. The fraction of sp³-hybridized carbons (Fsp3) is 0.375. The minimum absolute atomic E-state index is 0.159. The topological polar surface area (TPSA) is 21.3 Å². The number of hydrogen-bond acceptors (Lipinski definition) is 3. The zero-order valence-electron chi connectivity index (χ0n) is 12.3. The highest BCUT2D eigenvalue weighted by atomic mass is 79.9. The molecule has 20 heavy (non-hydrogen) atoms. The van der Waals surface area contributed by atoms with Gasteiger partial charge in [-0.2, -0.15) is 0 Å². The fourth-order valence-corrected chi connectivity index (χ4v) is 3.71. The van der Waals surface area contributed by atoms with Crippen molar-refractivity contribution in [2.45, 2.75) is 26.3 Å². The maximum atomic E-state index is 5.56. The molecule has 1 unspecified atom stereocenters. The SMILES string of the molecule is CCc1ccc(C(NC)c2cc(Br)c(C)cc2OC)s1. The highest BCUT2D eigenvalue weighted by molar-refractivity contribution is 9.10. The molecule has 0 aliphatic rings. The highest BCUT2D eigenvalue weighted by Gasteiger charge is 2.19. The van der Waals surface area contributed by atoms with E-state index in [1.807, 2.05) is 18.4 Å². The van der Waals surface area contributed by atoms with Crippen molar-refractivity contribution in [1.29, 1.82) is 0 Å². The number of hydrogen-bond donors (Lipinski definition) is 1. The molecule has 1 atom stereocenters. The summed E-state index contributed by atoms with van der Waals surface area (Å²) in [6, 6.07) is 8.81. The van der Waals surface area contributed by atoms with Crippen LogP contribution in [0.2, 0.25) is 0 Å². The second-order valence-corrected chi connectivity index (χ2v) is 6.78. The van der Waals surface area contributed by atoms with Crippen molar-refractivity contribution >= 4 is 27.3 Å². The maximum absolute atomic E-state index is 5.56. The molecule has 0 saturated heterocycles. The predicted octanol–water partition coefficient (Wildman–Crippen LogP) is 4.70. The predicted molar refractivity (Wildman–Crippen MR) is 90.0 cm³/mol. The van der Waals surface area contributed by atoms with Crippen molar-refractivity contribution in [3.05, 3.63) is 49.6 Å². The van der Waals surface area contributed by atoms with E-state index in [4.69, 9.17) is 4.74 Å². The van der Waals surface area contributed by atoms with Gasteiger partial charge in [-0.1, -0.05) is 22.9 Å². The number of rotatable bonds is 5. The van der Waals surface area contributed by atoms with Gasteiger partial charge < -0.3 is 10.1 Å². The summed E-state index contributed by atoms with van der Waals surface area (Å²) in [7, 11) is 3.72. The van der Waals surface area contributed by atoms with Crippen LogP contribution >= 0.6 is 27.3 Å². The Hall–Kier alpha value is -0.840. The van der Waals surface area contributed by atoms with Gasteiger partial charge in [-0.3, -0.25) is 0 Å². The van der Waals surface area contributed by atoms with Crippen LogP contribution in [0.25, 0.3) is 0 Å². The third kappa shape index (κ3) is 3.08. The van der Waals surface area contributed by atoms with Crippen LogP contribution in [0.1, 0.15) is 33.8 Å². The Morgan fingerprint density at radius 3 is 2.65 bits per heavy atom. The third-order valence-corrected chi connectivity index (χ3v) is 5.57. The smallest absolute Gasteiger partial charge is 0.124 e. The maximum Gasteiger partial charge on any atom is 0.124 e. The second-order valence-electron chi connectivity index (χ2n) is 4.72. The van der Waals surface area contributed by atoms with E-state index >= 15 is 0 Å². The summed E-state index contributed by atoms with van der Waals surface area (Å²) in [6.45, 7) is 4.26. The molecule has 0 aliphatic heterocycles. The van der Waals surface area contributed by atoms with Gasteiger partial charge in [-0.15, -0.1) is 11.3 Å². The Balaban J connectivity index is 2.48. The van der Waals surface area contributed by atoms with Crippen molar-refractivity contribution in [3.63, 3.8) is 0 Å². The van der Waals surface area contributed by atoms with Crippen LogP contribution in [-0.2, 0) is 6.42 Å². The van der Waals surface area contributed by atoms with Crippen molar-refractivity contribution < 1.29 is 4.74 Å². The average molecular weight is 354 g/mol. The monoisotopic (exact) mass is 353 g/mol. The molecule has 108 valence electrons. The number of nitrogens with one attached hydrogen (secondary N) is 1. The number of thiophene rings is 1. The summed E-state index contributed by atoms with van der Waals surface area (Å²) < 4.78 is 6.67. The van der Waals surface area contributed by atoms with Crippen molar-refractivity contribution in [2.75, 3.05) is 14.2 Å². The summed E-state index contributed by atoms with van der Waals surface area (Å²) in [5.41, 5.74) is 2.35. The first-order valence-electron chi connectivity index (χ1n) is 6.70. The average Bonchev–Trinajstić information content (AvgIpc) is 2.92. The quantitative estimate of drug-likeness (QED) is 0.840. The molecule has 1 aromatic carbocycles. The van der Waals surface area contributed by atoms with Crippen LogP contribution in [0.4, 0.5) is 0 Å². The molecule has 0 saturated carbocycles. The van der Waals surface area contributed by atoms with E-state index in [-0.39, 0.29) is 6.04 Å². The van der Waals surface area contributed by atoms with E-state index in [1.54, 1.807) is 7.11 Å². The minimum atomic E-state index is 0.159. The van der Waals surface area contributed by atoms with Gasteiger partial charge in [0.15, 0.2) is 0 Å². The van der Waals surface area contributed by atoms with Crippen LogP contribution in [0, 0.1) is 6.92 Å². The standard InChI is InChI=1S/C16H20BrNOS/c1-5-11-6-7-15(20-11)16(18-3)12-9-13(17)10(2)8-14(12)19-4/h6-9,16,18H,5H2,1-4H3. The van der Waals surface area contributed by atoms with E-state index in [2.05, 4.69) is 59.4 Å². The molecule has 2 nitrogen and oxygen atoms in total. The van der Waals surface area contributed by atoms with E-state index in [1.165, 1.54) is 15.3 Å². The Morgan fingerprint density at radius 1 is 1.35 bits per heavy atom. The molecule has 0 radical (unpaired) electrons. The van der Waals surface area contributed by atoms with Crippen LogP contribution in [0.3, 0.4) is 0 Å². The van der Waals surface area contributed by atoms with Gasteiger partial charge in [0.2, 0.25) is 0 Å². The lowest BCUT2D eigenvalue weighted by Gasteiger charge is -2.19. The molecule has 0 bridgehead atoms. The van der Waals surface area contributed by atoms with Gasteiger partial charge in [-0.25, -0.2) is 0 Å². The summed E-state index contributed by atoms with van der Waals surface area (Å²) in [4.78, 5) is 2.73. The summed E-state index contributed by atoms with van der Waals surface area (Å²) in [5.74, 6) is 0.927. The van der Waals surface area contributed by atoms with Gasteiger partial charge in [-0.05, 0) is 50.2 Å². The molecule has 1 heterocycles. The molecule has 0 amide bonds. The van der Waals surface area contributed by atoms with Gasteiger partial charge in [0.25, 0.3) is 0 Å². The Labute approximate surface area is 133 Å². The molecule has 4 heteroatoms. The van der Waals surface area contributed by atoms with E-state index in [0.717, 1.165) is 22.2 Å². The van der Waals surface area contributed by atoms with Crippen molar-refractivity contribution in [2.24, 2.45) is 0 Å². The van der Waals surface area contributed by atoms with Gasteiger partial charge in [0.05, 0.1) is 13.2 Å². The molecule has 0 spiro atoms. The number of benzene rings is 1. The zero-order valence-corrected chi connectivity index (χ0v) is 14.7. The Bertz CT molecular complexity index is 594. The van der Waals surface area contributed by atoms with Crippen LogP contribution < -0.4 is 10.1 Å².